The van der Waals surface area contributed by atoms with Crippen LogP contribution in [-0.2, 0) is 11.3 Å². The van der Waals surface area contributed by atoms with Gasteiger partial charge >= 0.3 is 0 Å². The van der Waals surface area contributed by atoms with E-state index in [9.17, 15) is 18.8 Å². The third-order valence-corrected chi connectivity index (χ3v) is 7.16. The van der Waals surface area contributed by atoms with Crippen LogP contribution < -0.4 is 0 Å². The van der Waals surface area contributed by atoms with E-state index in [1.807, 2.05) is 42.5 Å². The minimum absolute atomic E-state index is 0.0401. The highest BCUT2D eigenvalue weighted by Crippen LogP contribution is 2.29. The Morgan fingerprint density at radius 1 is 1.00 bits per heavy atom. The summed E-state index contributed by atoms with van der Waals surface area (Å²) in [6.45, 7) is 10.1. The maximum Gasteiger partial charge on any atom is 0.294 e. The molecular weight excluding hydrogens is 471 g/mol. The molecule has 0 aliphatic carbocycles. The summed E-state index contributed by atoms with van der Waals surface area (Å²) in [4.78, 5) is 44.4. The Balaban J connectivity index is 1.63. The number of benzene rings is 2. The first-order valence-corrected chi connectivity index (χ1v) is 12.7. The van der Waals surface area contributed by atoms with Crippen molar-refractivity contribution in [1.29, 1.82) is 0 Å². The number of aromatic nitrogens is 1. The standard InChI is InChI=1S/C29H35FN4O3/c1-18(2)33-17-25(24-13-22(9-12-26(24)33)27(35)29(37)31(5)6)28(36)34-15-19(3)32(14-20(34)4)16-21-7-10-23(30)11-8-21/h7-13,17-20H,14-16H2,1-6H3/t19-,20+/m0/s1. The van der Waals surface area contributed by atoms with Gasteiger partial charge in [-0.3, -0.25) is 19.3 Å². The average molecular weight is 507 g/mol. The summed E-state index contributed by atoms with van der Waals surface area (Å²) in [5.74, 6) is -1.54. The number of carbonyl (C=O) groups excluding carboxylic acids is 3. The van der Waals surface area contributed by atoms with E-state index in [1.54, 1.807) is 38.4 Å². The maximum atomic E-state index is 13.9. The first-order valence-electron chi connectivity index (χ1n) is 12.7. The number of ketones is 1. The van der Waals surface area contributed by atoms with E-state index >= 15 is 0 Å². The van der Waals surface area contributed by atoms with Gasteiger partial charge in [0.2, 0.25) is 5.78 Å². The smallest absolute Gasteiger partial charge is 0.294 e. The lowest BCUT2D eigenvalue weighted by Gasteiger charge is -2.44. The van der Waals surface area contributed by atoms with Crippen LogP contribution >= 0.6 is 0 Å². The first-order chi connectivity index (χ1) is 17.5. The number of hydrogen-bond donors (Lipinski definition) is 0. The predicted octanol–water partition coefficient (Wildman–Crippen LogP) is 4.37. The molecule has 1 aliphatic rings. The molecule has 1 fully saturated rings. The molecule has 8 heteroatoms. The van der Waals surface area contributed by atoms with Gasteiger partial charge in [-0.25, -0.2) is 4.39 Å². The molecule has 2 atom stereocenters. The monoisotopic (exact) mass is 506 g/mol. The van der Waals surface area contributed by atoms with Crippen molar-refractivity contribution in [3.63, 3.8) is 0 Å². The molecule has 2 amide bonds. The van der Waals surface area contributed by atoms with Crippen LogP contribution in [0.3, 0.4) is 0 Å². The molecule has 1 aromatic heterocycles. The average Bonchev–Trinajstić information content (AvgIpc) is 3.25. The van der Waals surface area contributed by atoms with Crippen molar-refractivity contribution < 1.29 is 18.8 Å². The summed E-state index contributed by atoms with van der Waals surface area (Å²) < 4.78 is 15.3. The van der Waals surface area contributed by atoms with E-state index < -0.39 is 11.7 Å². The zero-order valence-electron chi connectivity index (χ0n) is 22.4. The number of amides is 2. The van der Waals surface area contributed by atoms with Crippen LogP contribution in [0.2, 0.25) is 0 Å². The molecule has 4 rings (SSSR count). The molecule has 0 saturated carbocycles. The van der Waals surface area contributed by atoms with Gasteiger partial charge < -0.3 is 14.4 Å². The summed E-state index contributed by atoms with van der Waals surface area (Å²) in [5, 5.41) is 0.671. The molecule has 0 unspecified atom stereocenters. The van der Waals surface area contributed by atoms with Crippen LogP contribution in [0.15, 0.2) is 48.7 Å². The van der Waals surface area contributed by atoms with Gasteiger partial charge in [0.05, 0.1) is 5.56 Å². The van der Waals surface area contributed by atoms with E-state index in [0.29, 0.717) is 30.6 Å². The molecular formula is C29H35FN4O3. The minimum Gasteiger partial charge on any atom is -0.344 e. The van der Waals surface area contributed by atoms with Crippen molar-refractivity contribution in [1.82, 2.24) is 19.3 Å². The fraction of sp³-hybridized carbons (Fsp3) is 0.414. The summed E-state index contributed by atoms with van der Waals surface area (Å²) in [6.07, 6.45) is 1.86. The number of fused-ring (bicyclic) bond motifs is 1. The van der Waals surface area contributed by atoms with Crippen LogP contribution in [0.4, 0.5) is 4.39 Å². The molecule has 7 nitrogen and oxygen atoms in total. The van der Waals surface area contributed by atoms with E-state index in [1.165, 1.54) is 17.0 Å². The third kappa shape index (κ3) is 5.30. The Hall–Kier alpha value is -3.52. The number of nitrogens with zero attached hydrogens (tertiary/aromatic N) is 4. The van der Waals surface area contributed by atoms with Gasteiger partial charge in [0.1, 0.15) is 5.82 Å². The lowest BCUT2D eigenvalue weighted by molar-refractivity contribution is -0.124. The molecule has 1 aliphatic heterocycles. The fourth-order valence-corrected chi connectivity index (χ4v) is 5.00. The molecule has 0 spiro atoms. The molecule has 0 bridgehead atoms. The lowest BCUT2D eigenvalue weighted by Crippen LogP contribution is -2.57. The largest absolute Gasteiger partial charge is 0.344 e. The van der Waals surface area contributed by atoms with Crippen LogP contribution in [0.25, 0.3) is 10.9 Å². The summed E-state index contributed by atoms with van der Waals surface area (Å²) in [5.41, 5.74) is 2.68. The highest BCUT2D eigenvalue weighted by molar-refractivity contribution is 6.43. The molecule has 37 heavy (non-hydrogen) atoms. The second kappa shape index (κ2) is 10.5. The van der Waals surface area contributed by atoms with Gasteiger partial charge in [-0.1, -0.05) is 12.1 Å². The summed E-state index contributed by atoms with van der Waals surface area (Å²) in [6, 6.07) is 11.9. The van der Waals surface area contributed by atoms with E-state index in [0.717, 1.165) is 11.1 Å². The zero-order chi connectivity index (χ0) is 27.0. The number of likely N-dealkylation sites (N-methyl/N-ethyl adjacent to an activating group) is 1. The SMILES string of the molecule is CC(C)n1cc(C(=O)N2C[C@H](C)N(Cc3ccc(F)cc3)C[C@H]2C)c2cc(C(=O)C(=O)N(C)C)ccc21. The van der Waals surface area contributed by atoms with Crippen molar-refractivity contribution in [2.24, 2.45) is 0 Å². The van der Waals surface area contributed by atoms with Crippen molar-refractivity contribution in [2.45, 2.75) is 52.4 Å². The number of Topliss-reactive ketones (excluding diaryl/α,β-unsaturated/α-hetero) is 1. The van der Waals surface area contributed by atoms with Crippen molar-refractivity contribution in [2.75, 3.05) is 27.2 Å². The van der Waals surface area contributed by atoms with Crippen LogP contribution in [0, 0.1) is 5.82 Å². The van der Waals surface area contributed by atoms with Crippen molar-refractivity contribution in [3.8, 4) is 0 Å². The number of rotatable bonds is 6. The molecule has 196 valence electrons. The normalized spacial score (nSPS) is 18.4. The van der Waals surface area contributed by atoms with Crippen LogP contribution in [0.1, 0.15) is 60.0 Å². The molecule has 2 aromatic carbocycles. The maximum absolute atomic E-state index is 13.9. The first kappa shape index (κ1) is 26.5. The van der Waals surface area contributed by atoms with Gasteiger partial charge in [-0.05, 0) is 63.6 Å². The Bertz CT molecular complexity index is 1330. The Morgan fingerprint density at radius 2 is 1.68 bits per heavy atom. The van der Waals surface area contributed by atoms with E-state index in [2.05, 4.69) is 11.8 Å². The summed E-state index contributed by atoms with van der Waals surface area (Å²) in [7, 11) is 3.09. The number of hydrogen-bond acceptors (Lipinski definition) is 4. The second-order valence-electron chi connectivity index (χ2n) is 10.5. The van der Waals surface area contributed by atoms with Crippen LogP contribution in [-0.4, -0.2) is 76.1 Å². The minimum atomic E-state index is -0.602. The molecule has 3 aromatic rings. The number of carbonyl (C=O) groups is 3. The molecule has 1 saturated heterocycles. The Labute approximate surface area is 217 Å². The van der Waals surface area contributed by atoms with E-state index in [4.69, 9.17) is 0 Å². The fourth-order valence-electron chi connectivity index (χ4n) is 5.00. The van der Waals surface area contributed by atoms with Gasteiger partial charge in [0.15, 0.2) is 0 Å². The topological polar surface area (TPSA) is 65.9 Å². The molecule has 0 radical (unpaired) electrons. The Morgan fingerprint density at radius 3 is 2.30 bits per heavy atom. The summed E-state index contributed by atoms with van der Waals surface area (Å²) >= 11 is 0. The molecule has 2 heterocycles. The van der Waals surface area contributed by atoms with Gasteiger partial charge in [-0.2, -0.15) is 0 Å². The lowest BCUT2D eigenvalue weighted by atomic mass is 10.0. The Kier molecular flexibility index (Phi) is 7.50. The van der Waals surface area contributed by atoms with Gasteiger partial charge in [0.25, 0.3) is 11.8 Å². The highest BCUT2D eigenvalue weighted by atomic mass is 19.1. The van der Waals surface area contributed by atoms with Gasteiger partial charge in [0, 0.05) is 74.5 Å². The highest BCUT2D eigenvalue weighted by Gasteiger charge is 2.34. The van der Waals surface area contributed by atoms with Crippen molar-refractivity contribution in [3.05, 3.63) is 71.2 Å². The number of halogens is 1. The van der Waals surface area contributed by atoms with Gasteiger partial charge in [-0.15, -0.1) is 0 Å². The predicted molar refractivity (Wildman–Crippen MR) is 142 cm³/mol. The molecule has 0 N–H and O–H groups in total. The third-order valence-electron chi connectivity index (χ3n) is 7.16. The van der Waals surface area contributed by atoms with Crippen molar-refractivity contribution >= 4 is 28.5 Å². The zero-order valence-corrected chi connectivity index (χ0v) is 22.4. The number of piperazine rings is 1. The van der Waals surface area contributed by atoms with E-state index in [-0.39, 0.29) is 35.4 Å². The second-order valence-corrected chi connectivity index (χ2v) is 10.5. The quantitative estimate of drug-likeness (QED) is 0.368. The van der Waals surface area contributed by atoms with Crippen LogP contribution in [0.5, 0.6) is 0 Å².